The molecule has 1 aromatic carbocycles. The normalized spacial score (nSPS) is 18.1. The third-order valence-electron chi connectivity index (χ3n) is 3.56. The van der Waals surface area contributed by atoms with Crippen molar-refractivity contribution in [2.75, 3.05) is 13.1 Å². The molecule has 0 saturated carbocycles. The van der Waals surface area contributed by atoms with E-state index in [0.717, 1.165) is 25.9 Å². The van der Waals surface area contributed by atoms with Crippen LogP contribution in [0.15, 0.2) is 23.2 Å². The molecular weight excluding hydrogens is 196 g/mol. The first kappa shape index (κ1) is 9.88. The van der Waals surface area contributed by atoms with Gasteiger partial charge in [0.2, 0.25) is 0 Å². The molecule has 3 rings (SSSR count). The van der Waals surface area contributed by atoms with E-state index in [1.54, 1.807) is 11.1 Å². The van der Waals surface area contributed by atoms with Gasteiger partial charge >= 0.3 is 0 Å². The highest BCUT2D eigenvalue weighted by atomic mass is 15.1. The number of nitrogens with one attached hydrogen (secondary N) is 1. The van der Waals surface area contributed by atoms with Gasteiger partial charge in [0.05, 0.1) is 12.4 Å². The summed E-state index contributed by atoms with van der Waals surface area (Å²) in [5.74, 6) is 1.19. The molecule has 2 heteroatoms. The summed E-state index contributed by atoms with van der Waals surface area (Å²) >= 11 is 0. The minimum Gasteiger partial charge on any atom is -0.372 e. The zero-order chi connectivity index (χ0) is 10.8. The van der Waals surface area contributed by atoms with Crippen LogP contribution in [0.5, 0.6) is 0 Å². The molecule has 16 heavy (non-hydrogen) atoms. The minimum absolute atomic E-state index is 0.958. The molecule has 0 saturated heterocycles. The maximum atomic E-state index is 4.43. The molecule has 1 aliphatic carbocycles. The third kappa shape index (κ3) is 1.97. The lowest BCUT2D eigenvalue weighted by atomic mass is 10.0. The van der Waals surface area contributed by atoms with Crippen LogP contribution in [0.3, 0.4) is 0 Å². The molecule has 0 spiro atoms. The summed E-state index contributed by atoms with van der Waals surface area (Å²) in [5.41, 5.74) is 4.62. The van der Waals surface area contributed by atoms with E-state index in [-0.39, 0.29) is 0 Å². The molecule has 1 N–H and O–H groups in total. The summed E-state index contributed by atoms with van der Waals surface area (Å²) in [7, 11) is 0. The second-order valence-corrected chi connectivity index (χ2v) is 4.71. The van der Waals surface area contributed by atoms with Crippen molar-refractivity contribution in [3.05, 3.63) is 34.9 Å². The molecule has 0 amide bonds. The molecule has 0 radical (unpaired) electrons. The average Bonchev–Trinajstić information content (AvgIpc) is 2.97. The quantitative estimate of drug-likeness (QED) is 0.818. The summed E-state index contributed by atoms with van der Waals surface area (Å²) < 4.78 is 0. The van der Waals surface area contributed by atoms with Gasteiger partial charge < -0.3 is 5.32 Å². The number of fused-ring (bicyclic) bond motifs is 1. The van der Waals surface area contributed by atoms with Gasteiger partial charge in [0.15, 0.2) is 0 Å². The number of benzene rings is 1. The maximum absolute atomic E-state index is 4.43. The summed E-state index contributed by atoms with van der Waals surface area (Å²) in [6, 6.07) is 7.01. The summed E-state index contributed by atoms with van der Waals surface area (Å²) in [4.78, 5) is 4.43. The van der Waals surface area contributed by atoms with Crippen molar-refractivity contribution in [1.82, 2.24) is 5.32 Å². The van der Waals surface area contributed by atoms with E-state index in [4.69, 9.17) is 0 Å². The number of rotatable bonds is 3. The van der Waals surface area contributed by atoms with Gasteiger partial charge in [0.25, 0.3) is 0 Å². The standard InChI is InChI=1S/C14H18N2/c1-2-12-6-4-11(10-13(12)3-1)5-7-14-15-8-9-16-14/h4,6,10H,1-3,5,7-9H2,(H,15,16). The van der Waals surface area contributed by atoms with Gasteiger partial charge in [0.1, 0.15) is 0 Å². The van der Waals surface area contributed by atoms with E-state index in [1.165, 1.54) is 30.7 Å². The van der Waals surface area contributed by atoms with Crippen molar-refractivity contribution >= 4 is 5.84 Å². The van der Waals surface area contributed by atoms with Crippen molar-refractivity contribution in [3.63, 3.8) is 0 Å². The first-order valence-corrected chi connectivity index (χ1v) is 6.30. The van der Waals surface area contributed by atoms with E-state index >= 15 is 0 Å². The Morgan fingerprint density at radius 3 is 2.94 bits per heavy atom. The fraction of sp³-hybridized carbons (Fsp3) is 0.500. The Balaban J connectivity index is 1.66. The van der Waals surface area contributed by atoms with Gasteiger partial charge in [-0.05, 0) is 42.4 Å². The Bertz CT molecular complexity index is 421. The topological polar surface area (TPSA) is 24.4 Å². The van der Waals surface area contributed by atoms with Crippen LogP contribution >= 0.6 is 0 Å². The highest BCUT2D eigenvalue weighted by Gasteiger charge is 2.11. The first-order chi connectivity index (χ1) is 7.92. The van der Waals surface area contributed by atoms with Crippen LogP contribution < -0.4 is 5.32 Å². The predicted molar refractivity (Wildman–Crippen MR) is 67.1 cm³/mol. The fourth-order valence-corrected chi connectivity index (χ4v) is 2.66. The van der Waals surface area contributed by atoms with Crippen molar-refractivity contribution in [2.24, 2.45) is 4.99 Å². The summed E-state index contributed by atoms with van der Waals surface area (Å²) in [6.45, 7) is 1.99. The van der Waals surface area contributed by atoms with Gasteiger partial charge in [-0.2, -0.15) is 0 Å². The first-order valence-electron chi connectivity index (χ1n) is 6.30. The summed E-state index contributed by atoms with van der Waals surface area (Å²) in [5, 5.41) is 3.33. The number of hydrogen-bond donors (Lipinski definition) is 1. The molecule has 1 heterocycles. The second-order valence-electron chi connectivity index (χ2n) is 4.71. The number of aliphatic imine (C=N–C) groups is 1. The van der Waals surface area contributed by atoms with Crippen molar-refractivity contribution < 1.29 is 0 Å². The van der Waals surface area contributed by atoms with Gasteiger partial charge in [-0.1, -0.05) is 18.2 Å². The zero-order valence-corrected chi connectivity index (χ0v) is 9.63. The molecule has 84 valence electrons. The van der Waals surface area contributed by atoms with Crippen LogP contribution in [0.4, 0.5) is 0 Å². The smallest absolute Gasteiger partial charge is 0.0967 e. The van der Waals surface area contributed by atoms with Gasteiger partial charge in [-0.15, -0.1) is 0 Å². The third-order valence-corrected chi connectivity index (χ3v) is 3.56. The van der Waals surface area contributed by atoms with Crippen molar-refractivity contribution in [1.29, 1.82) is 0 Å². The van der Waals surface area contributed by atoms with E-state index in [0.29, 0.717) is 0 Å². The van der Waals surface area contributed by atoms with Crippen molar-refractivity contribution in [3.8, 4) is 0 Å². The monoisotopic (exact) mass is 214 g/mol. The molecule has 0 unspecified atom stereocenters. The lowest BCUT2D eigenvalue weighted by Gasteiger charge is -2.05. The minimum atomic E-state index is 0.958. The Morgan fingerprint density at radius 1 is 1.12 bits per heavy atom. The Morgan fingerprint density at radius 2 is 2.06 bits per heavy atom. The van der Waals surface area contributed by atoms with E-state index < -0.39 is 0 Å². The van der Waals surface area contributed by atoms with E-state index in [2.05, 4.69) is 28.5 Å². The van der Waals surface area contributed by atoms with Gasteiger partial charge in [0, 0.05) is 13.0 Å². The van der Waals surface area contributed by atoms with E-state index in [9.17, 15) is 0 Å². The molecule has 0 fully saturated rings. The zero-order valence-electron chi connectivity index (χ0n) is 9.63. The lowest BCUT2D eigenvalue weighted by Crippen LogP contribution is -2.18. The highest BCUT2D eigenvalue weighted by molar-refractivity contribution is 5.83. The molecule has 1 aliphatic heterocycles. The predicted octanol–water partition coefficient (Wildman–Crippen LogP) is 2.11. The molecule has 1 aromatic rings. The van der Waals surface area contributed by atoms with Crippen LogP contribution in [-0.2, 0) is 19.3 Å². The van der Waals surface area contributed by atoms with Crippen LogP contribution in [-0.4, -0.2) is 18.9 Å². The van der Waals surface area contributed by atoms with Gasteiger partial charge in [-0.25, -0.2) is 0 Å². The molecule has 0 atom stereocenters. The Labute approximate surface area is 96.8 Å². The molecule has 2 nitrogen and oxygen atoms in total. The average molecular weight is 214 g/mol. The number of aryl methyl sites for hydroxylation is 3. The SMILES string of the molecule is c1cc2c(cc1CCC1=NCCN1)CCC2. The number of amidine groups is 1. The van der Waals surface area contributed by atoms with Crippen LogP contribution in [0.1, 0.15) is 29.5 Å². The molecular formula is C14H18N2. The number of hydrogen-bond acceptors (Lipinski definition) is 2. The van der Waals surface area contributed by atoms with Crippen molar-refractivity contribution in [2.45, 2.75) is 32.1 Å². The molecule has 2 aliphatic rings. The maximum Gasteiger partial charge on any atom is 0.0967 e. The fourth-order valence-electron chi connectivity index (χ4n) is 2.66. The lowest BCUT2D eigenvalue weighted by molar-refractivity contribution is 0.910. The molecule has 0 bridgehead atoms. The Kier molecular flexibility index (Phi) is 2.65. The summed E-state index contributed by atoms with van der Waals surface area (Å²) in [6.07, 6.45) is 6.09. The Hall–Kier alpha value is -1.31. The largest absolute Gasteiger partial charge is 0.372 e. The van der Waals surface area contributed by atoms with E-state index in [1.807, 2.05) is 0 Å². The van der Waals surface area contributed by atoms with Crippen LogP contribution in [0, 0.1) is 0 Å². The van der Waals surface area contributed by atoms with Gasteiger partial charge in [-0.3, -0.25) is 4.99 Å². The number of nitrogens with zero attached hydrogens (tertiary/aromatic N) is 1. The highest BCUT2D eigenvalue weighted by Crippen LogP contribution is 2.23. The second kappa shape index (κ2) is 4.28. The van der Waals surface area contributed by atoms with Crippen LogP contribution in [0.2, 0.25) is 0 Å². The van der Waals surface area contributed by atoms with Crippen LogP contribution in [0.25, 0.3) is 0 Å². The molecule has 0 aromatic heterocycles.